The topological polar surface area (TPSA) is 49.4 Å². The summed E-state index contributed by atoms with van der Waals surface area (Å²) in [6.45, 7) is 3.61. The van der Waals surface area contributed by atoms with Crippen LogP contribution in [0.25, 0.3) is 0 Å². The minimum Gasteiger partial charge on any atom is -0.356 e. The summed E-state index contributed by atoms with van der Waals surface area (Å²) in [5, 5.41) is 3.30. The average molecular weight is 374 g/mol. The number of amides is 2. The van der Waals surface area contributed by atoms with Crippen LogP contribution in [0.3, 0.4) is 0 Å². The highest BCUT2D eigenvalue weighted by Gasteiger charge is 2.25. The molecule has 6 heteroatoms. The number of hydrogen-bond acceptors (Lipinski definition) is 2. The van der Waals surface area contributed by atoms with E-state index in [9.17, 15) is 9.59 Å². The third kappa shape index (κ3) is 4.20. The number of rotatable bonds is 3. The zero-order valence-corrected chi connectivity index (χ0v) is 14.2. The Kier molecular flexibility index (Phi) is 5.65. The summed E-state index contributed by atoms with van der Waals surface area (Å²) in [4.78, 5) is 25.2. The Labute approximate surface area is 138 Å². The van der Waals surface area contributed by atoms with E-state index in [1.54, 1.807) is 6.07 Å². The molecule has 0 bridgehead atoms. The normalized spacial score (nSPS) is 15.9. The number of likely N-dealkylation sites (tertiary alicyclic amines) is 1. The maximum Gasteiger partial charge on any atom is 0.255 e. The van der Waals surface area contributed by atoms with Gasteiger partial charge in [-0.25, -0.2) is 0 Å². The van der Waals surface area contributed by atoms with Crippen LogP contribution in [0, 0.1) is 5.92 Å². The molecule has 0 spiro atoms. The Morgan fingerprint density at radius 3 is 2.67 bits per heavy atom. The molecule has 0 atom stereocenters. The summed E-state index contributed by atoms with van der Waals surface area (Å²) in [5.74, 6) is 0.407. The fourth-order valence-corrected chi connectivity index (χ4v) is 3.04. The van der Waals surface area contributed by atoms with Crippen molar-refractivity contribution in [2.24, 2.45) is 5.92 Å². The number of carbonyl (C=O) groups is 2. The molecule has 0 aromatic heterocycles. The predicted molar refractivity (Wildman–Crippen MR) is 86.5 cm³/mol. The van der Waals surface area contributed by atoms with Crippen LogP contribution in [0.15, 0.2) is 22.7 Å². The molecular formula is C15H18BrClN2O2. The standard InChI is InChI=1S/C15H18BrClN2O2/c1-10(20)18-9-11-5-7-19(8-6-11)15(21)12-3-2-4-13(16)14(12)17/h2-4,11H,5-9H2,1H3,(H,18,20). The Hall–Kier alpha value is -1.07. The molecule has 1 heterocycles. The van der Waals surface area contributed by atoms with Gasteiger partial charge in [-0.15, -0.1) is 0 Å². The van der Waals surface area contributed by atoms with Gasteiger partial charge in [-0.2, -0.15) is 0 Å². The van der Waals surface area contributed by atoms with Crippen LogP contribution in [-0.4, -0.2) is 36.3 Å². The minimum absolute atomic E-state index is 0.00516. The highest BCUT2D eigenvalue weighted by atomic mass is 79.9. The van der Waals surface area contributed by atoms with Gasteiger partial charge < -0.3 is 10.2 Å². The van der Waals surface area contributed by atoms with Crippen molar-refractivity contribution in [1.29, 1.82) is 0 Å². The minimum atomic E-state index is -0.0284. The maximum absolute atomic E-state index is 12.5. The zero-order chi connectivity index (χ0) is 15.4. The number of carbonyl (C=O) groups excluding carboxylic acids is 2. The first-order chi connectivity index (χ1) is 9.99. The number of hydrogen-bond donors (Lipinski definition) is 1. The zero-order valence-electron chi connectivity index (χ0n) is 11.9. The van der Waals surface area contributed by atoms with E-state index in [0.717, 1.165) is 17.3 Å². The van der Waals surface area contributed by atoms with Crippen molar-refractivity contribution >= 4 is 39.3 Å². The number of nitrogens with one attached hydrogen (secondary N) is 1. The van der Waals surface area contributed by atoms with Gasteiger partial charge in [0.15, 0.2) is 0 Å². The third-order valence-corrected chi connectivity index (χ3v) is 5.02. The lowest BCUT2D eigenvalue weighted by atomic mass is 9.96. The van der Waals surface area contributed by atoms with Gasteiger partial charge in [-0.1, -0.05) is 17.7 Å². The first-order valence-electron chi connectivity index (χ1n) is 6.96. The van der Waals surface area contributed by atoms with Gasteiger partial charge in [0, 0.05) is 31.0 Å². The highest BCUT2D eigenvalue weighted by molar-refractivity contribution is 9.10. The fraction of sp³-hybridized carbons (Fsp3) is 0.467. The van der Waals surface area contributed by atoms with Crippen LogP contribution in [0.5, 0.6) is 0 Å². The molecule has 1 aromatic rings. The molecule has 1 saturated heterocycles. The second-order valence-electron chi connectivity index (χ2n) is 5.27. The Morgan fingerprint density at radius 1 is 1.38 bits per heavy atom. The molecule has 21 heavy (non-hydrogen) atoms. The Balaban J connectivity index is 1.94. The molecule has 114 valence electrons. The summed E-state index contributed by atoms with van der Waals surface area (Å²) in [5.41, 5.74) is 0.534. The van der Waals surface area contributed by atoms with Crippen LogP contribution in [0.4, 0.5) is 0 Å². The number of nitrogens with zero attached hydrogens (tertiary/aromatic N) is 1. The number of halogens is 2. The van der Waals surface area contributed by atoms with Gasteiger partial charge in [0.25, 0.3) is 5.91 Å². The number of benzene rings is 1. The highest BCUT2D eigenvalue weighted by Crippen LogP contribution is 2.28. The molecule has 0 saturated carbocycles. The SMILES string of the molecule is CC(=O)NCC1CCN(C(=O)c2cccc(Br)c2Cl)CC1. The van der Waals surface area contributed by atoms with Crippen molar-refractivity contribution in [3.05, 3.63) is 33.3 Å². The molecular weight excluding hydrogens is 356 g/mol. The van der Waals surface area contributed by atoms with Crippen LogP contribution in [0.2, 0.25) is 5.02 Å². The second-order valence-corrected chi connectivity index (χ2v) is 6.51. The van der Waals surface area contributed by atoms with Crippen molar-refractivity contribution < 1.29 is 9.59 Å². The van der Waals surface area contributed by atoms with Gasteiger partial charge in [-0.3, -0.25) is 9.59 Å². The van der Waals surface area contributed by atoms with E-state index < -0.39 is 0 Å². The summed E-state index contributed by atoms with van der Waals surface area (Å²) in [7, 11) is 0. The van der Waals surface area contributed by atoms with Crippen LogP contribution in [-0.2, 0) is 4.79 Å². The van der Waals surface area contributed by atoms with Gasteiger partial charge in [0.05, 0.1) is 10.6 Å². The smallest absolute Gasteiger partial charge is 0.255 e. The van der Waals surface area contributed by atoms with Crippen molar-refractivity contribution in [2.75, 3.05) is 19.6 Å². The molecule has 4 nitrogen and oxygen atoms in total. The van der Waals surface area contributed by atoms with Crippen molar-refractivity contribution in [3.63, 3.8) is 0 Å². The summed E-state index contributed by atoms with van der Waals surface area (Å²) in [6, 6.07) is 5.38. The van der Waals surface area contributed by atoms with E-state index in [-0.39, 0.29) is 11.8 Å². The summed E-state index contributed by atoms with van der Waals surface area (Å²) < 4.78 is 0.732. The van der Waals surface area contributed by atoms with Crippen LogP contribution in [0.1, 0.15) is 30.1 Å². The monoisotopic (exact) mass is 372 g/mol. The van der Waals surface area contributed by atoms with Gasteiger partial charge in [0.1, 0.15) is 0 Å². The van der Waals surface area contributed by atoms with E-state index in [1.165, 1.54) is 6.92 Å². The third-order valence-electron chi connectivity index (χ3n) is 3.72. The summed E-state index contributed by atoms with van der Waals surface area (Å²) >= 11 is 9.52. The molecule has 0 unspecified atom stereocenters. The molecule has 2 rings (SSSR count). The van der Waals surface area contributed by atoms with E-state index in [0.29, 0.717) is 36.1 Å². The summed E-state index contributed by atoms with van der Waals surface area (Å²) in [6.07, 6.45) is 1.80. The molecule has 1 aliphatic rings. The van der Waals surface area contributed by atoms with Gasteiger partial charge in [0.2, 0.25) is 5.91 Å². The van der Waals surface area contributed by atoms with Gasteiger partial charge >= 0.3 is 0 Å². The lowest BCUT2D eigenvalue weighted by molar-refractivity contribution is -0.119. The molecule has 1 aliphatic heterocycles. The molecule has 0 radical (unpaired) electrons. The maximum atomic E-state index is 12.5. The van der Waals surface area contributed by atoms with Crippen molar-refractivity contribution in [1.82, 2.24) is 10.2 Å². The average Bonchev–Trinajstić information content (AvgIpc) is 2.48. The molecule has 1 N–H and O–H groups in total. The Morgan fingerprint density at radius 2 is 2.05 bits per heavy atom. The van der Waals surface area contributed by atoms with Crippen molar-refractivity contribution in [3.8, 4) is 0 Å². The lowest BCUT2D eigenvalue weighted by Gasteiger charge is -2.32. The van der Waals surface area contributed by atoms with Crippen LogP contribution < -0.4 is 5.32 Å². The van der Waals surface area contributed by atoms with E-state index in [4.69, 9.17) is 11.6 Å². The quantitative estimate of drug-likeness (QED) is 0.885. The molecule has 1 aromatic carbocycles. The molecule has 0 aliphatic carbocycles. The number of piperidine rings is 1. The first kappa shape index (κ1) is 16.3. The van der Waals surface area contributed by atoms with Crippen molar-refractivity contribution in [2.45, 2.75) is 19.8 Å². The molecule has 1 fully saturated rings. The largest absolute Gasteiger partial charge is 0.356 e. The second kappa shape index (κ2) is 7.27. The fourth-order valence-electron chi connectivity index (χ4n) is 2.47. The van der Waals surface area contributed by atoms with Crippen LogP contribution >= 0.6 is 27.5 Å². The first-order valence-corrected chi connectivity index (χ1v) is 8.14. The molecule has 2 amide bonds. The van der Waals surface area contributed by atoms with E-state index >= 15 is 0 Å². The van der Waals surface area contributed by atoms with E-state index in [1.807, 2.05) is 17.0 Å². The lowest BCUT2D eigenvalue weighted by Crippen LogP contribution is -2.41. The van der Waals surface area contributed by atoms with E-state index in [2.05, 4.69) is 21.2 Å². The van der Waals surface area contributed by atoms with Gasteiger partial charge in [-0.05, 0) is 46.8 Å². The predicted octanol–water partition coefficient (Wildman–Crippen LogP) is 3.09. The Bertz CT molecular complexity index is 542.